The van der Waals surface area contributed by atoms with Crippen LogP contribution in [0, 0.1) is 5.92 Å². The maximum absolute atomic E-state index is 12.3. The van der Waals surface area contributed by atoms with Crippen molar-refractivity contribution in [3.63, 3.8) is 0 Å². The first-order valence-corrected chi connectivity index (χ1v) is 8.04. The van der Waals surface area contributed by atoms with Crippen LogP contribution in [0.4, 0.5) is 5.69 Å². The van der Waals surface area contributed by atoms with Gasteiger partial charge in [-0.15, -0.1) is 0 Å². The van der Waals surface area contributed by atoms with Gasteiger partial charge < -0.3 is 14.8 Å². The molecule has 23 heavy (non-hydrogen) atoms. The van der Waals surface area contributed by atoms with E-state index < -0.39 is 0 Å². The van der Waals surface area contributed by atoms with Gasteiger partial charge in [-0.25, -0.2) is 0 Å². The van der Waals surface area contributed by atoms with Gasteiger partial charge in [-0.3, -0.25) is 4.79 Å². The molecule has 0 spiro atoms. The lowest BCUT2D eigenvalue weighted by Crippen LogP contribution is -2.16. The lowest BCUT2D eigenvalue weighted by molar-refractivity contribution is -0.117. The topological polar surface area (TPSA) is 47.6 Å². The number of hydrogen-bond acceptors (Lipinski definition) is 3. The third-order valence-electron chi connectivity index (χ3n) is 4.23. The number of fused-ring (bicyclic) bond motifs is 1. The van der Waals surface area contributed by atoms with Gasteiger partial charge in [0.15, 0.2) is 11.5 Å². The second-order valence-corrected chi connectivity index (χ2v) is 6.28. The average molecular weight is 330 g/mol. The van der Waals surface area contributed by atoms with Crippen LogP contribution in [0.1, 0.15) is 17.9 Å². The molecule has 0 saturated heterocycles. The van der Waals surface area contributed by atoms with Crippen molar-refractivity contribution in [3.8, 4) is 11.5 Å². The Kier molecular flexibility index (Phi) is 3.62. The summed E-state index contributed by atoms with van der Waals surface area (Å²) in [5.74, 6) is 1.86. The van der Waals surface area contributed by atoms with Crippen LogP contribution in [0.3, 0.4) is 0 Å². The normalized spacial score (nSPS) is 21.6. The van der Waals surface area contributed by atoms with E-state index in [2.05, 4.69) is 5.32 Å². The van der Waals surface area contributed by atoms with Gasteiger partial charge in [0.1, 0.15) is 13.2 Å². The molecule has 1 N–H and O–H groups in total. The minimum Gasteiger partial charge on any atom is -0.486 e. The highest BCUT2D eigenvalue weighted by Crippen LogP contribution is 2.49. The van der Waals surface area contributed by atoms with Crippen LogP contribution >= 0.6 is 11.6 Å². The van der Waals surface area contributed by atoms with Crippen LogP contribution < -0.4 is 14.8 Å². The second-order valence-electron chi connectivity index (χ2n) is 5.85. The number of hydrogen-bond donors (Lipinski definition) is 1. The standard InChI is InChI=1S/C18H16ClNO3/c19-12-2-4-13(5-3-12)20-18(21)15-10-14(15)11-1-6-16-17(9-11)23-8-7-22-16/h1-6,9,14-15H,7-8,10H2,(H,20,21)/t14-,15+/m1/s1. The van der Waals surface area contributed by atoms with Gasteiger partial charge in [0.2, 0.25) is 5.91 Å². The quantitative estimate of drug-likeness (QED) is 0.930. The molecule has 2 aromatic carbocycles. The Morgan fingerprint density at radius 2 is 1.78 bits per heavy atom. The van der Waals surface area contributed by atoms with Gasteiger partial charge in [0.25, 0.3) is 0 Å². The summed E-state index contributed by atoms with van der Waals surface area (Å²) in [6.45, 7) is 1.16. The van der Waals surface area contributed by atoms with Crippen molar-refractivity contribution in [2.75, 3.05) is 18.5 Å². The summed E-state index contributed by atoms with van der Waals surface area (Å²) in [5, 5.41) is 3.60. The van der Waals surface area contributed by atoms with E-state index in [-0.39, 0.29) is 17.7 Å². The second kappa shape index (κ2) is 5.78. The molecule has 1 aliphatic carbocycles. The predicted molar refractivity (Wildman–Crippen MR) is 88.4 cm³/mol. The molecule has 0 unspecified atom stereocenters. The van der Waals surface area contributed by atoms with E-state index >= 15 is 0 Å². The SMILES string of the molecule is O=C(Nc1ccc(Cl)cc1)[C@H]1C[C@@H]1c1ccc2c(c1)OCCO2. The van der Waals surface area contributed by atoms with E-state index in [9.17, 15) is 4.79 Å². The Hall–Kier alpha value is -2.20. The number of nitrogens with one attached hydrogen (secondary N) is 1. The average Bonchev–Trinajstić information content (AvgIpc) is 3.37. The minimum absolute atomic E-state index is 0.00763. The zero-order valence-corrected chi connectivity index (χ0v) is 13.2. The minimum atomic E-state index is 0.00763. The number of carbonyl (C=O) groups is 1. The number of rotatable bonds is 3. The Morgan fingerprint density at radius 3 is 2.57 bits per heavy atom. The van der Waals surface area contributed by atoms with Crippen LogP contribution in [-0.2, 0) is 4.79 Å². The maximum Gasteiger partial charge on any atom is 0.228 e. The van der Waals surface area contributed by atoms with Gasteiger partial charge in [-0.2, -0.15) is 0 Å². The predicted octanol–water partition coefficient (Wildman–Crippen LogP) is 3.85. The number of amides is 1. The third kappa shape index (κ3) is 2.99. The van der Waals surface area contributed by atoms with Crippen molar-refractivity contribution in [2.45, 2.75) is 12.3 Å². The molecule has 0 radical (unpaired) electrons. The Labute approximate surface area is 139 Å². The molecule has 1 saturated carbocycles. The molecule has 2 atom stereocenters. The Balaban J connectivity index is 1.43. The lowest BCUT2D eigenvalue weighted by atomic mass is 10.1. The van der Waals surface area contributed by atoms with E-state index in [0.29, 0.717) is 18.2 Å². The molecule has 1 amide bonds. The number of benzene rings is 2. The molecule has 1 fully saturated rings. The summed E-state index contributed by atoms with van der Waals surface area (Å²) >= 11 is 5.85. The monoisotopic (exact) mass is 329 g/mol. The highest BCUT2D eigenvalue weighted by molar-refractivity contribution is 6.30. The molecular formula is C18H16ClNO3. The van der Waals surface area contributed by atoms with Gasteiger partial charge in [0, 0.05) is 16.6 Å². The zero-order valence-electron chi connectivity index (χ0n) is 12.4. The number of anilines is 1. The van der Waals surface area contributed by atoms with Crippen molar-refractivity contribution >= 4 is 23.2 Å². The molecule has 2 aliphatic rings. The third-order valence-corrected chi connectivity index (χ3v) is 4.49. The van der Waals surface area contributed by atoms with E-state index in [1.807, 2.05) is 30.3 Å². The Morgan fingerprint density at radius 1 is 1.04 bits per heavy atom. The van der Waals surface area contributed by atoms with Crippen LogP contribution in [0.5, 0.6) is 11.5 Å². The number of carbonyl (C=O) groups excluding carboxylic acids is 1. The first-order valence-electron chi connectivity index (χ1n) is 7.67. The fraction of sp³-hybridized carbons (Fsp3) is 0.278. The van der Waals surface area contributed by atoms with Gasteiger partial charge in [0.05, 0.1) is 0 Å². The lowest BCUT2D eigenvalue weighted by Gasteiger charge is -2.18. The molecular weight excluding hydrogens is 314 g/mol. The Bertz CT molecular complexity index is 744. The molecule has 4 rings (SSSR count). The molecule has 1 heterocycles. The zero-order chi connectivity index (χ0) is 15.8. The fourth-order valence-corrected chi connectivity index (χ4v) is 3.04. The molecule has 118 valence electrons. The van der Waals surface area contributed by atoms with Crippen LogP contribution in [0.15, 0.2) is 42.5 Å². The summed E-state index contributed by atoms with van der Waals surface area (Å²) in [6, 6.07) is 13.1. The van der Waals surface area contributed by atoms with E-state index in [1.165, 1.54) is 0 Å². The first kappa shape index (κ1) is 14.4. The molecule has 0 aromatic heterocycles. The molecule has 1 aliphatic heterocycles. The van der Waals surface area contributed by atoms with Crippen molar-refractivity contribution < 1.29 is 14.3 Å². The fourth-order valence-electron chi connectivity index (χ4n) is 2.91. The van der Waals surface area contributed by atoms with Gasteiger partial charge in [-0.05, 0) is 54.3 Å². The highest BCUT2D eigenvalue weighted by Gasteiger charge is 2.44. The van der Waals surface area contributed by atoms with E-state index in [1.54, 1.807) is 12.1 Å². The van der Waals surface area contributed by atoms with Gasteiger partial charge >= 0.3 is 0 Å². The molecule has 5 heteroatoms. The summed E-state index contributed by atoms with van der Waals surface area (Å²) in [5.41, 5.74) is 1.90. The van der Waals surface area contributed by atoms with Crippen molar-refractivity contribution in [1.29, 1.82) is 0 Å². The van der Waals surface area contributed by atoms with E-state index in [4.69, 9.17) is 21.1 Å². The number of ether oxygens (including phenoxy) is 2. The first-order chi connectivity index (χ1) is 11.2. The van der Waals surface area contributed by atoms with Crippen LogP contribution in [0.25, 0.3) is 0 Å². The molecule has 2 aromatic rings. The van der Waals surface area contributed by atoms with Crippen LogP contribution in [0.2, 0.25) is 5.02 Å². The molecule has 4 nitrogen and oxygen atoms in total. The van der Waals surface area contributed by atoms with Crippen LogP contribution in [-0.4, -0.2) is 19.1 Å². The van der Waals surface area contributed by atoms with Crippen molar-refractivity contribution in [1.82, 2.24) is 0 Å². The van der Waals surface area contributed by atoms with Gasteiger partial charge in [-0.1, -0.05) is 17.7 Å². The van der Waals surface area contributed by atoms with Crippen molar-refractivity contribution in [3.05, 3.63) is 53.1 Å². The number of halogens is 1. The van der Waals surface area contributed by atoms with E-state index in [0.717, 1.165) is 29.2 Å². The summed E-state index contributed by atoms with van der Waals surface area (Å²) < 4.78 is 11.1. The summed E-state index contributed by atoms with van der Waals surface area (Å²) in [7, 11) is 0. The summed E-state index contributed by atoms with van der Waals surface area (Å²) in [4.78, 5) is 12.3. The summed E-state index contributed by atoms with van der Waals surface area (Å²) in [6.07, 6.45) is 0.860. The molecule has 0 bridgehead atoms. The maximum atomic E-state index is 12.3. The largest absolute Gasteiger partial charge is 0.486 e. The van der Waals surface area contributed by atoms with Crippen molar-refractivity contribution in [2.24, 2.45) is 5.92 Å². The highest BCUT2D eigenvalue weighted by atomic mass is 35.5. The smallest absolute Gasteiger partial charge is 0.228 e.